The van der Waals surface area contributed by atoms with Gasteiger partial charge in [0.05, 0.1) is 26.4 Å². The summed E-state index contributed by atoms with van der Waals surface area (Å²) in [7, 11) is 1.22. The highest BCUT2D eigenvalue weighted by atomic mass is 16.5. The molecular weight excluding hydrogens is 614 g/mol. The standard InChI is InChI=1S/C31H41N7O9/c1-18(2)28(30(43)33-15-26(41)35-29(19(3)4)31(44)45-5)34-25(40)14-32-24(39)7-6-12-38-16-21(36-37-38)17-46-22-10-8-20-9-11-27(42)47-23(20)13-22/h8-11,13,16,18-19,28-29H,6-7,12,14-15,17H2,1-5H3,(H,32,39)(H,33,43)(H,34,40)(H,35,41)/t28-,29-/m0/s1. The van der Waals surface area contributed by atoms with Crippen molar-refractivity contribution >= 4 is 40.6 Å². The van der Waals surface area contributed by atoms with Gasteiger partial charge in [0.15, 0.2) is 0 Å². The number of hydrogen-bond donors (Lipinski definition) is 4. The number of amides is 4. The number of ether oxygens (including phenoxy) is 2. The second-order valence-electron chi connectivity index (χ2n) is 11.4. The van der Waals surface area contributed by atoms with Crippen LogP contribution in [0.3, 0.4) is 0 Å². The van der Waals surface area contributed by atoms with Gasteiger partial charge in [-0.05, 0) is 36.5 Å². The summed E-state index contributed by atoms with van der Waals surface area (Å²) in [5, 5.41) is 19.0. The zero-order valence-corrected chi connectivity index (χ0v) is 27.0. The van der Waals surface area contributed by atoms with E-state index >= 15 is 0 Å². The molecule has 0 fully saturated rings. The molecule has 0 aliphatic rings. The summed E-state index contributed by atoms with van der Waals surface area (Å²) < 4.78 is 17.2. The number of aryl methyl sites for hydroxylation is 1. The van der Waals surface area contributed by atoms with E-state index in [9.17, 15) is 28.8 Å². The molecule has 0 bridgehead atoms. The Hall–Kier alpha value is -5.28. The zero-order chi connectivity index (χ0) is 34.5. The molecule has 0 saturated carbocycles. The first-order valence-corrected chi connectivity index (χ1v) is 15.1. The van der Waals surface area contributed by atoms with Crippen molar-refractivity contribution in [1.29, 1.82) is 0 Å². The van der Waals surface area contributed by atoms with Gasteiger partial charge in [-0.2, -0.15) is 0 Å². The molecule has 4 amide bonds. The fraction of sp³-hybridized carbons (Fsp3) is 0.484. The van der Waals surface area contributed by atoms with Crippen LogP contribution in [0.5, 0.6) is 5.75 Å². The number of rotatable bonds is 17. The van der Waals surface area contributed by atoms with Gasteiger partial charge in [-0.3, -0.25) is 23.9 Å². The average molecular weight is 656 g/mol. The second-order valence-corrected chi connectivity index (χ2v) is 11.4. The van der Waals surface area contributed by atoms with Crippen LogP contribution in [0.25, 0.3) is 11.0 Å². The molecule has 2 heterocycles. The maximum Gasteiger partial charge on any atom is 0.336 e. The van der Waals surface area contributed by atoms with Gasteiger partial charge in [0.25, 0.3) is 0 Å². The first-order chi connectivity index (χ1) is 22.4. The van der Waals surface area contributed by atoms with Crippen LogP contribution in [0.15, 0.2) is 45.7 Å². The number of carbonyl (C=O) groups excluding carboxylic acids is 5. The predicted octanol–water partition coefficient (Wildman–Crippen LogP) is 0.431. The van der Waals surface area contributed by atoms with Gasteiger partial charge in [-0.1, -0.05) is 32.9 Å². The summed E-state index contributed by atoms with van der Waals surface area (Å²) in [5.74, 6) is -2.74. The fourth-order valence-electron chi connectivity index (χ4n) is 4.36. The molecule has 0 spiro atoms. The lowest BCUT2D eigenvalue weighted by atomic mass is 10.0. The van der Waals surface area contributed by atoms with E-state index in [1.54, 1.807) is 62.8 Å². The van der Waals surface area contributed by atoms with E-state index in [0.717, 1.165) is 5.39 Å². The van der Waals surface area contributed by atoms with E-state index in [4.69, 9.17) is 13.9 Å². The number of benzene rings is 1. The van der Waals surface area contributed by atoms with Gasteiger partial charge < -0.3 is 35.2 Å². The SMILES string of the molecule is COC(=O)[C@@H](NC(=O)CNC(=O)[C@@H](NC(=O)CNC(=O)CCCn1cc(COc2ccc3ccc(=O)oc3c2)nn1)C(C)C)C(C)C. The minimum absolute atomic E-state index is 0.118. The van der Waals surface area contributed by atoms with Crippen LogP contribution < -0.4 is 31.6 Å². The largest absolute Gasteiger partial charge is 0.487 e. The predicted molar refractivity (Wildman–Crippen MR) is 168 cm³/mol. The molecular formula is C31H41N7O9. The molecule has 0 saturated heterocycles. The fourth-order valence-corrected chi connectivity index (χ4v) is 4.36. The quantitative estimate of drug-likeness (QED) is 0.116. The Morgan fingerprint density at radius 1 is 0.894 bits per heavy atom. The Balaban J connectivity index is 1.36. The Bertz CT molecular complexity index is 1620. The van der Waals surface area contributed by atoms with Crippen molar-refractivity contribution < 1.29 is 37.9 Å². The van der Waals surface area contributed by atoms with E-state index < -0.39 is 47.9 Å². The number of methoxy groups -OCH3 is 1. The van der Waals surface area contributed by atoms with Gasteiger partial charge in [-0.15, -0.1) is 5.10 Å². The molecule has 3 rings (SSSR count). The molecule has 16 heteroatoms. The number of fused-ring (bicyclic) bond motifs is 1. The third-order valence-electron chi connectivity index (χ3n) is 6.93. The molecule has 0 aliphatic carbocycles. The summed E-state index contributed by atoms with van der Waals surface area (Å²) in [4.78, 5) is 73.1. The lowest BCUT2D eigenvalue weighted by Gasteiger charge is -2.23. The number of aromatic nitrogens is 3. The summed E-state index contributed by atoms with van der Waals surface area (Å²) in [6.45, 7) is 6.72. The van der Waals surface area contributed by atoms with Crippen molar-refractivity contribution in [1.82, 2.24) is 36.3 Å². The lowest BCUT2D eigenvalue weighted by Crippen LogP contribution is -2.54. The molecule has 0 aliphatic heterocycles. The van der Waals surface area contributed by atoms with Crippen molar-refractivity contribution in [3.8, 4) is 5.75 Å². The lowest BCUT2D eigenvalue weighted by molar-refractivity contribution is -0.146. The minimum Gasteiger partial charge on any atom is -0.487 e. The summed E-state index contributed by atoms with van der Waals surface area (Å²) in [6.07, 6.45) is 2.23. The highest BCUT2D eigenvalue weighted by molar-refractivity contribution is 5.93. The molecule has 254 valence electrons. The third kappa shape index (κ3) is 11.5. The monoisotopic (exact) mass is 655 g/mol. The molecule has 1 aromatic carbocycles. The Morgan fingerprint density at radius 2 is 1.55 bits per heavy atom. The maximum absolute atomic E-state index is 12.7. The molecule has 47 heavy (non-hydrogen) atoms. The molecule has 0 radical (unpaired) electrons. The minimum atomic E-state index is -0.957. The molecule has 2 atom stereocenters. The Labute approximate surface area is 270 Å². The number of carbonyl (C=O) groups is 5. The van der Waals surface area contributed by atoms with Crippen molar-refractivity contribution in [3.63, 3.8) is 0 Å². The molecule has 2 aromatic heterocycles. The van der Waals surface area contributed by atoms with E-state index in [2.05, 4.69) is 31.6 Å². The van der Waals surface area contributed by atoms with Gasteiger partial charge in [0.1, 0.15) is 35.7 Å². The normalized spacial score (nSPS) is 12.3. The number of hydrogen-bond acceptors (Lipinski definition) is 11. The first kappa shape index (κ1) is 36.2. The van der Waals surface area contributed by atoms with Crippen LogP contribution in [-0.2, 0) is 41.9 Å². The van der Waals surface area contributed by atoms with E-state index in [1.807, 2.05) is 0 Å². The van der Waals surface area contributed by atoms with Gasteiger partial charge in [-0.25, -0.2) is 9.59 Å². The van der Waals surface area contributed by atoms with Gasteiger partial charge in [0.2, 0.25) is 23.6 Å². The van der Waals surface area contributed by atoms with Crippen LogP contribution in [0.1, 0.15) is 46.2 Å². The highest BCUT2D eigenvalue weighted by Gasteiger charge is 2.27. The first-order valence-electron chi connectivity index (χ1n) is 15.1. The number of esters is 1. The van der Waals surface area contributed by atoms with Crippen molar-refractivity contribution in [3.05, 3.63) is 52.6 Å². The molecule has 0 unspecified atom stereocenters. The Kier molecular flexibility index (Phi) is 13.4. The van der Waals surface area contributed by atoms with Gasteiger partial charge in [0, 0.05) is 30.5 Å². The maximum atomic E-state index is 12.7. The van der Waals surface area contributed by atoms with E-state index in [-0.39, 0.29) is 37.3 Å². The topological polar surface area (TPSA) is 213 Å². The Morgan fingerprint density at radius 3 is 2.23 bits per heavy atom. The second kappa shape index (κ2) is 17.4. The molecule has 3 aromatic rings. The van der Waals surface area contributed by atoms with Crippen LogP contribution in [0, 0.1) is 11.8 Å². The third-order valence-corrected chi connectivity index (χ3v) is 6.93. The van der Waals surface area contributed by atoms with Crippen LogP contribution in [0.2, 0.25) is 0 Å². The zero-order valence-electron chi connectivity index (χ0n) is 27.0. The summed E-state index contributed by atoms with van der Waals surface area (Å²) in [6, 6.07) is 6.35. The summed E-state index contributed by atoms with van der Waals surface area (Å²) in [5.41, 5.74) is 0.524. The van der Waals surface area contributed by atoms with Crippen LogP contribution >= 0.6 is 0 Å². The van der Waals surface area contributed by atoms with Crippen molar-refractivity contribution in [2.24, 2.45) is 11.8 Å². The number of nitrogens with zero attached hydrogens (tertiary/aromatic N) is 3. The summed E-state index contributed by atoms with van der Waals surface area (Å²) >= 11 is 0. The molecule has 16 nitrogen and oxygen atoms in total. The highest BCUT2D eigenvalue weighted by Crippen LogP contribution is 2.20. The number of nitrogens with one attached hydrogen (secondary N) is 4. The van der Waals surface area contributed by atoms with Crippen molar-refractivity contribution in [2.75, 3.05) is 20.2 Å². The van der Waals surface area contributed by atoms with E-state index in [0.29, 0.717) is 30.0 Å². The van der Waals surface area contributed by atoms with Gasteiger partial charge >= 0.3 is 11.6 Å². The average Bonchev–Trinajstić information content (AvgIpc) is 3.49. The smallest absolute Gasteiger partial charge is 0.336 e. The molecule has 4 N–H and O–H groups in total. The van der Waals surface area contributed by atoms with E-state index in [1.165, 1.54) is 13.2 Å². The van der Waals surface area contributed by atoms with Crippen LogP contribution in [0.4, 0.5) is 0 Å². The van der Waals surface area contributed by atoms with Crippen LogP contribution in [-0.4, -0.2) is 76.9 Å². The van der Waals surface area contributed by atoms with Crippen molar-refractivity contribution in [2.45, 2.75) is 65.8 Å².